The van der Waals surface area contributed by atoms with E-state index in [1.807, 2.05) is 12.1 Å². The third kappa shape index (κ3) is 3.14. The lowest BCUT2D eigenvalue weighted by Crippen LogP contribution is -2.59. The van der Waals surface area contributed by atoms with Gasteiger partial charge in [0.2, 0.25) is 0 Å². The number of nitrogens with zero attached hydrogens (tertiary/aromatic N) is 3. The van der Waals surface area contributed by atoms with Crippen LogP contribution in [0.5, 0.6) is 5.75 Å². The van der Waals surface area contributed by atoms with Crippen LogP contribution < -0.4 is 10.1 Å². The summed E-state index contributed by atoms with van der Waals surface area (Å²) in [6.45, 7) is 0.164. The highest BCUT2D eigenvalue weighted by atomic mass is 32.2. The van der Waals surface area contributed by atoms with Gasteiger partial charge in [0.15, 0.2) is 10.7 Å². The molecule has 1 unspecified atom stereocenters. The lowest BCUT2D eigenvalue weighted by atomic mass is 9.69. The summed E-state index contributed by atoms with van der Waals surface area (Å²) < 4.78 is 38.0. The molecule has 2 aromatic carbocycles. The third-order valence-electron chi connectivity index (χ3n) is 6.83. The largest absolute Gasteiger partial charge is 0.493 e. The number of aromatic nitrogens is 2. The van der Waals surface area contributed by atoms with E-state index in [-0.39, 0.29) is 17.7 Å². The summed E-state index contributed by atoms with van der Waals surface area (Å²) in [6, 6.07) is 13.9. The van der Waals surface area contributed by atoms with Crippen molar-refractivity contribution >= 4 is 22.8 Å². The van der Waals surface area contributed by atoms with Gasteiger partial charge < -0.3 is 10.1 Å². The first-order chi connectivity index (χ1) is 16.4. The quantitative estimate of drug-likeness (QED) is 0.579. The second-order valence-corrected chi connectivity index (χ2v) is 9.81. The first-order valence-corrected chi connectivity index (χ1v) is 11.9. The van der Waals surface area contributed by atoms with Crippen LogP contribution in [-0.2, 0) is 5.54 Å². The number of carbonyl (C=O) groups is 1. The third-order valence-corrected chi connectivity index (χ3v) is 7.81. The zero-order chi connectivity index (χ0) is 23.4. The Morgan fingerprint density at radius 2 is 1.79 bits per heavy atom. The van der Waals surface area contributed by atoms with Gasteiger partial charge in [0.05, 0.1) is 12.4 Å². The van der Waals surface area contributed by atoms with E-state index in [0.717, 1.165) is 11.8 Å². The molecule has 9 heteroatoms. The van der Waals surface area contributed by atoms with Crippen molar-refractivity contribution in [2.45, 2.75) is 24.3 Å². The number of carbonyl (C=O) groups excluding carboxylic acids is 1. The van der Waals surface area contributed by atoms with E-state index < -0.39 is 22.6 Å². The fourth-order valence-corrected chi connectivity index (χ4v) is 5.84. The van der Waals surface area contributed by atoms with Crippen molar-refractivity contribution in [3.63, 3.8) is 0 Å². The number of ether oxygens (including phenoxy) is 1. The number of hydrogen-bond acceptors (Lipinski definition) is 6. The van der Waals surface area contributed by atoms with E-state index in [0.29, 0.717) is 40.8 Å². The first kappa shape index (κ1) is 21.2. The summed E-state index contributed by atoms with van der Waals surface area (Å²) >= 11 is 0.872. The molecule has 1 fully saturated rings. The zero-order valence-corrected chi connectivity index (χ0v) is 18.8. The lowest BCUT2D eigenvalue weighted by Gasteiger charge is -2.49. The molecule has 1 atom stereocenters. The van der Waals surface area contributed by atoms with Gasteiger partial charge in [0, 0.05) is 34.5 Å². The molecule has 1 saturated carbocycles. The van der Waals surface area contributed by atoms with Crippen LogP contribution in [0.1, 0.15) is 28.8 Å². The Labute approximate surface area is 198 Å². The highest BCUT2D eigenvalue weighted by Gasteiger charge is 2.75. The second-order valence-electron chi connectivity index (χ2n) is 8.85. The van der Waals surface area contributed by atoms with E-state index in [9.17, 15) is 4.79 Å². The van der Waals surface area contributed by atoms with Crippen LogP contribution in [-0.4, -0.2) is 39.3 Å². The number of halogens is 2. The molecule has 3 heterocycles. The minimum atomic E-state index is -3.14. The Morgan fingerprint density at radius 1 is 1.03 bits per heavy atom. The van der Waals surface area contributed by atoms with Crippen LogP contribution >= 0.6 is 11.8 Å². The molecule has 3 aliphatic rings. The smallest absolute Gasteiger partial charge is 0.287 e. The highest BCUT2D eigenvalue weighted by molar-refractivity contribution is 8.14. The van der Waals surface area contributed by atoms with Crippen molar-refractivity contribution in [3.8, 4) is 16.9 Å². The van der Waals surface area contributed by atoms with Crippen molar-refractivity contribution < 1.29 is 18.3 Å². The summed E-state index contributed by atoms with van der Waals surface area (Å²) in [5.74, 6) is -3.61. The van der Waals surface area contributed by atoms with Crippen LogP contribution in [0.3, 0.4) is 0 Å². The first-order valence-electron chi connectivity index (χ1n) is 10.9. The molecule has 0 saturated heterocycles. The number of amides is 1. The number of amidine groups is 1. The molecular weight excluding hydrogens is 458 g/mol. The Hall–Kier alpha value is -3.33. The molecule has 1 amide bonds. The number of hydrogen-bond donors (Lipinski definition) is 1. The van der Waals surface area contributed by atoms with Gasteiger partial charge in [-0.25, -0.2) is 23.7 Å². The van der Waals surface area contributed by atoms with Crippen molar-refractivity contribution in [2.24, 2.45) is 10.4 Å². The van der Waals surface area contributed by atoms with Crippen molar-refractivity contribution in [1.29, 1.82) is 0 Å². The Bertz CT molecular complexity index is 1300. The highest BCUT2D eigenvalue weighted by Crippen LogP contribution is 2.70. The maximum absolute atomic E-state index is 16.0. The normalized spacial score (nSPS) is 23.5. The van der Waals surface area contributed by atoms with Crippen molar-refractivity contribution in [2.75, 3.05) is 12.4 Å². The Morgan fingerprint density at radius 3 is 2.53 bits per heavy atom. The Balaban J connectivity index is 1.49. The van der Waals surface area contributed by atoms with Crippen LogP contribution in [0.2, 0.25) is 0 Å². The van der Waals surface area contributed by atoms with Crippen molar-refractivity contribution in [1.82, 2.24) is 15.3 Å². The molecule has 1 N–H and O–H groups in total. The average Bonchev–Trinajstić information content (AvgIpc) is 3.65. The lowest BCUT2D eigenvalue weighted by molar-refractivity contribution is -0.106. The van der Waals surface area contributed by atoms with E-state index in [1.54, 1.807) is 48.8 Å². The monoisotopic (exact) mass is 478 g/mol. The summed E-state index contributed by atoms with van der Waals surface area (Å²) in [7, 11) is 0. The van der Waals surface area contributed by atoms with E-state index in [1.165, 1.54) is 6.33 Å². The van der Waals surface area contributed by atoms with Crippen LogP contribution in [0.15, 0.2) is 72.2 Å². The van der Waals surface area contributed by atoms with Crippen LogP contribution in [0.25, 0.3) is 11.1 Å². The van der Waals surface area contributed by atoms with Gasteiger partial charge >= 0.3 is 0 Å². The molecule has 2 spiro atoms. The molecular formula is C25H20F2N4O2S. The van der Waals surface area contributed by atoms with Gasteiger partial charge in [-0.15, -0.1) is 0 Å². The summed E-state index contributed by atoms with van der Waals surface area (Å²) in [5, 5.41) is 2.97. The van der Waals surface area contributed by atoms with E-state index in [2.05, 4.69) is 20.3 Å². The molecule has 172 valence electrons. The number of alkyl halides is 2. The molecule has 0 radical (unpaired) electrons. The minimum absolute atomic E-state index is 0.164. The number of aliphatic imine (C=N–C) groups is 1. The topological polar surface area (TPSA) is 76.5 Å². The number of nitrogens with one attached hydrogen (secondary N) is 1. The van der Waals surface area contributed by atoms with Crippen LogP contribution in [0.4, 0.5) is 8.78 Å². The Kier molecular flexibility index (Phi) is 4.74. The van der Waals surface area contributed by atoms with Gasteiger partial charge in [-0.2, -0.15) is 0 Å². The molecule has 1 aliphatic carbocycles. The average molecular weight is 479 g/mol. The van der Waals surface area contributed by atoms with Crippen LogP contribution in [0, 0.1) is 5.41 Å². The van der Waals surface area contributed by atoms with Crippen molar-refractivity contribution in [3.05, 3.63) is 78.4 Å². The minimum Gasteiger partial charge on any atom is -0.493 e. The summed E-state index contributed by atoms with van der Waals surface area (Å²) in [4.78, 5) is 25.5. The molecule has 6 rings (SSSR count). The molecule has 1 aromatic heterocycles. The number of benzene rings is 2. The van der Waals surface area contributed by atoms with Gasteiger partial charge in [-0.1, -0.05) is 36.0 Å². The predicted molar refractivity (Wildman–Crippen MR) is 125 cm³/mol. The number of fused-ring (bicyclic) bond motifs is 3. The maximum Gasteiger partial charge on any atom is 0.287 e. The van der Waals surface area contributed by atoms with Gasteiger partial charge in [0.1, 0.15) is 12.1 Å². The zero-order valence-electron chi connectivity index (χ0n) is 18.0. The standard InChI is InChI=1S/C25H20F2N4O2S/c26-24(27)14-34-22(30-21(32)16-4-2-1-3-5-16)31-25(24)19-10-17(18-11-28-15-29-12-18)6-7-20(19)33-13-23(25)8-9-23/h1-7,10-12,15H,8-9,13-14H2,(H,30,31,32). The molecule has 34 heavy (non-hydrogen) atoms. The molecule has 2 aliphatic heterocycles. The summed E-state index contributed by atoms with van der Waals surface area (Å²) in [5.41, 5.74) is -0.445. The number of thioether (sulfide) groups is 1. The van der Waals surface area contributed by atoms with Gasteiger partial charge in [-0.05, 0) is 42.7 Å². The fourth-order valence-electron chi connectivity index (χ4n) is 4.95. The maximum atomic E-state index is 16.0. The summed E-state index contributed by atoms with van der Waals surface area (Å²) in [6.07, 6.45) is 5.86. The predicted octanol–water partition coefficient (Wildman–Crippen LogP) is 4.68. The second kappa shape index (κ2) is 7.59. The van der Waals surface area contributed by atoms with E-state index >= 15 is 8.78 Å². The molecule has 0 bridgehead atoms. The fraction of sp³-hybridized carbons (Fsp3) is 0.280. The van der Waals surface area contributed by atoms with E-state index in [4.69, 9.17) is 4.74 Å². The van der Waals surface area contributed by atoms with Gasteiger partial charge in [-0.3, -0.25) is 4.79 Å². The van der Waals surface area contributed by atoms with Gasteiger partial charge in [0.25, 0.3) is 11.8 Å². The SMILES string of the molecule is O=C(NC1=NC2(c3cc(-c4cncnc4)ccc3OCC23CC3)C(F)(F)CS1)c1ccccc1. The number of rotatable bonds is 2. The molecule has 3 aromatic rings. The molecule has 6 nitrogen and oxygen atoms in total.